The first-order chi connectivity index (χ1) is 22.7. The van der Waals surface area contributed by atoms with Gasteiger partial charge in [-0.05, 0) is 99.5 Å². The quantitative estimate of drug-likeness (QED) is 0.197. The molecule has 0 saturated heterocycles. The smallest absolute Gasteiger partial charge is 0.0727 e. The SMILES string of the molecule is CN(c1ccccc1)c1ccc2c(c1)C1(c3ccccc3-c3ccccc31)c1cc(N(c3ccccc3)C3C=CC=CC3)ccc1-2. The van der Waals surface area contributed by atoms with Crippen molar-refractivity contribution in [1.82, 2.24) is 0 Å². The van der Waals surface area contributed by atoms with Crippen LogP contribution in [-0.4, -0.2) is 13.1 Å². The van der Waals surface area contributed by atoms with Crippen LogP contribution in [0.15, 0.2) is 170 Å². The van der Waals surface area contributed by atoms with Gasteiger partial charge in [0.2, 0.25) is 0 Å². The maximum absolute atomic E-state index is 2.51. The summed E-state index contributed by atoms with van der Waals surface area (Å²) in [4.78, 5) is 4.81. The van der Waals surface area contributed by atoms with Gasteiger partial charge in [0.15, 0.2) is 0 Å². The number of anilines is 4. The number of nitrogens with zero attached hydrogens (tertiary/aromatic N) is 2. The van der Waals surface area contributed by atoms with Gasteiger partial charge in [0.25, 0.3) is 0 Å². The molecule has 0 heterocycles. The average molecular weight is 591 g/mol. The van der Waals surface area contributed by atoms with Gasteiger partial charge in [0.05, 0.1) is 11.5 Å². The molecule has 1 spiro atoms. The van der Waals surface area contributed by atoms with E-state index < -0.39 is 5.41 Å². The van der Waals surface area contributed by atoms with E-state index in [1.165, 1.54) is 67.3 Å². The summed E-state index contributed by atoms with van der Waals surface area (Å²) in [5.74, 6) is 0. The normalized spacial score (nSPS) is 16.1. The van der Waals surface area contributed by atoms with Crippen LogP contribution in [0.1, 0.15) is 28.7 Å². The van der Waals surface area contributed by atoms with Crippen molar-refractivity contribution in [3.05, 3.63) is 192 Å². The van der Waals surface area contributed by atoms with Crippen LogP contribution in [0.2, 0.25) is 0 Å². The number of hydrogen-bond donors (Lipinski definition) is 0. The van der Waals surface area contributed by atoms with Crippen molar-refractivity contribution in [2.75, 3.05) is 16.8 Å². The van der Waals surface area contributed by atoms with Gasteiger partial charge in [-0.15, -0.1) is 0 Å². The predicted octanol–water partition coefficient (Wildman–Crippen LogP) is 10.8. The fourth-order valence-corrected chi connectivity index (χ4v) is 8.15. The zero-order valence-corrected chi connectivity index (χ0v) is 25.8. The van der Waals surface area contributed by atoms with E-state index in [9.17, 15) is 0 Å². The molecule has 9 rings (SSSR count). The number of hydrogen-bond acceptors (Lipinski definition) is 2. The molecule has 0 saturated carbocycles. The lowest BCUT2D eigenvalue weighted by atomic mass is 9.70. The summed E-state index contributed by atoms with van der Waals surface area (Å²) in [6.07, 6.45) is 9.92. The molecule has 0 N–H and O–H groups in total. The Morgan fingerprint density at radius 2 is 1.00 bits per heavy atom. The second kappa shape index (κ2) is 10.5. The van der Waals surface area contributed by atoms with Crippen molar-refractivity contribution in [3.63, 3.8) is 0 Å². The van der Waals surface area contributed by atoms with Crippen molar-refractivity contribution in [3.8, 4) is 22.3 Å². The highest BCUT2D eigenvalue weighted by atomic mass is 15.2. The third-order valence-electron chi connectivity index (χ3n) is 10.2. The zero-order valence-electron chi connectivity index (χ0n) is 25.8. The standard InChI is InChI=1S/C44H34N2/c1-45(31-15-5-2-6-16-31)34-25-27-38-39-28-26-35(46(32-17-7-3-8-18-32)33-19-9-4-10-20-33)30-43(39)44(42(38)29-34)40-23-13-11-21-36(40)37-22-12-14-24-41(37)44/h2-19,21-30,33H,20H2,1H3. The van der Waals surface area contributed by atoms with Crippen LogP contribution in [0.3, 0.4) is 0 Å². The van der Waals surface area contributed by atoms with E-state index in [4.69, 9.17) is 0 Å². The van der Waals surface area contributed by atoms with Gasteiger partial charge in [0.1, 0.15) is 0 Å². The van der Waals surface area contributed by atoms with Crippen molar-refractivity contribution < 1.29 is 0 Å². The van der Waals surface area contributed by atoms with Crippen molar-refractivity contribution in [2.45, 2.75) is 17.9 Å². The van der Waals surface area contributed by atoms with Crippen LogP contribution in [0.5, 0.6) is 0 Å². The van der Waals surface area contributed by atoms with E-state index >= 15 is 0 Å². The van der Waals surface area contributed by atoms with E-state index in [1.807, 2.05) is 0 Å². The molecular weight excluding hydrogens is 556 g/mol. The Morgan fingerprint density at radius 3 is 1.61 bits per heavy atom. The highest BCUT2D eigenvalue weighted by Crippen LogP contribution is 2.63. The van der Waals surface area contributed by atoms with E-state index in [0.29, 0.717) is 0 Å². The Labute approximate surface area is 271 Å². The van der Waals surface area contributed by atoms with Gasteiger partial charge in [-0.2, -0.15) is 0 Å². The number of rotatable bonds is 5. The van der Waals surface area contributed by atoms with Crippen LogP contribution >= 0.6 is 0 Å². The molecule has 46 heavy (non-hydrogen) atoms. The Hall–Kier alpha value is -5.60. The number of fused-ring (bicyclic) bond motifs is 10. The van der Waals surface area contributed by atoms with E-state index in [-0.39, 0.29) is 6.04 Å². The number of benzene rings is 6. The molecule has 0 fully saturated rings. The van der Waals surface area contributed by atoms with Gasteiger partial charge in [0, 0.05) is 29.8 Å². The molecule has 6 aromatic carbocycles. The Morgan fingerprint density at radius 1 is 0.478 bits per heavy atom. The average Bonchev–Trinajstić information content (AvgIpc) is 3.59. The molecule has 3 aliphatic carbocycles. The molecule has 3 aliphatic rings. The largest absolute Gasteiger partial charge is 0.345 e. The zero-order chi connectivity index (χ0) is 30.7. The van der Waals surface area contributed by atoms with Crippen molar-refractivity contribution >= 4 is 22.7 Å². The van der Waals surface area contributed by atoms with Gasteiger partial charge in [-0.25, -0.2) is 0 Å². The third kappa shape index (κ3) is 3.83. The summed E-state index contributed by atoms with van der Waals surface area (Å²) >= 11 is 0. The maximum Gasteiger partial charge on any atom is 0.0727 e. The molecular formula is C44H34N2. The summed E-state index contributed by atoms with van der Waals surface area (Å²) in [5.41, 5.74) is 15.0. The van der Waals surface area contributed by atoms with Crippen LogP contribution in [-0.2, 0) is 5.41 Å². The van der Waals surface area contributed by atoms with Crippen LogP contribution in [0.4, 0.5) is 22.7 Å². The van der Waals surface area contributed by atoms with Crippen molar-refractivity contribution in [2.24, 2.45) is 0 Å². The second-order valence-corrected chi connectivity index (χ2v) is 12.5. The fraction of sp³-hybridized carbons (Fsp3) is 0.0909. The van der Waals surface area contributed by atoms with Crippen LogP contribution in [0.25, 0.3) is 22.3 Å². The summed E-state index contributed by atoms with van der Waals surface area (Å²) in [6, 6.07) is 54.1. The lowest BCUT2D eigenvalue weighted by Gasteiger charge is -2.35. The molecule has 0 radical (unpaired) electrons. The lowest BCUT2D eigenvalue weighted by molar-refractivity contribution is 0.774. The topological polar surface area (TPSA) is 6.48 Å². The van der Waals surface area contributed by atoms with Crippen LogP contribution in [0, 0.1) is 0 Å². The minimum Gasteiger partial charge on any atom is -0.345 e. The molecule has 0 aliphatic heterocycles. The molecule has 1 atom stereocenters. The highest BCUT2D eigenvalue weighted by molar-refractivity contribution is 5.96. The lowest BCUT2D eigenvalue weighted by Crippen LogP contribution is -2.31. The van der Waals surface area contributed by atoms with Gasteiger partial charge < -0.3 is 9.80 Å². The van der Waals surface area contributed by atoms with E-state index in [1.54, 1.807) is 0 Å². The van der Waals surface area contributed by atoms with Gasteiger partial charge in [-0.3, -0.25) is 0 Å². The molecule has 1 unspecified atom stereocenters. The molecule has 0 amide bonds. The third-order valence-corrected chi connectivity index (χ3v) is 10.2. The van der Waals surface area contributed by atoms with Gasteiger partial charge >= 0.3 is 0 Å². The number of allylic oxidation sites excluding steroid dienone is 2. The predicted molar refractivity (Wildman–Crippen MR) is 193 cm³/mol. The molecule has 0 bridgehead atoms. The van der Waals surface area contributed by atoms with E-state index in [0.717, 1.165) is 6.42 Å². The molecule has 2 nitrogen and oxygen atoms in total. The Bertz CT molecular complexity index is 2110. The summed E-state index contributed by atoms with van der Waals surface area (Å²) in [7, 11) is 2.17. The fourth-order valence-electron chi connectivity index (χ4n) is 8.15. The first-order valence-electron chi connectivity index (χ1n) is 16.2. The molecule has 6 aromatic rings. The first-order valence-corrected chi connectivity index (χ1v) is 16.2. The van der Waals surface area contributed by atoms with E-state index in [2.05, 4.69) is 187 Å². The Balaban J connectivity index is 1.32. The first kappa shape index (κ1) is 26.8. The minimum atomic E-state index is -0.425. The molecule has 220 valence electrons. The minimum absolute atomic E-state index is 0.236. The molecule has 2 heteroatoms. The highest BCUT2D eigenvalue weighted by Gasteiger charge is 2.52. The number of para-hydroxylation sites is 2. The molecule has 0 aromatic heterocycles. The summed E-state index contributed by atoms with van der Waals surface area (Å²) in [6.45, 7) is 0. The maximum atomic E-state index is 2.51. The second-order valence-electron chi connectivity index (χ2n) is 12.5. The van der Waals surface area contributed by atoms with Crippen LogP contribution < -0.4 is 9.80 Å². The van der Waals surface area contributed by atoms with Crippen molar-refractivity contribution in [1.29, 1.82) is 0 Å². The summed E-state index contributed by atoms with van der Waals surface area (Å²) < 4.78 is 0. The van der Waals surface area contributed by atoms with Gasteiger partial charge in [-0.1, -0.05) is 121 Å². The summed E-state index contributed by atoms with van der Waals surface area (Å²) in [5, 5.41) is 0. The monoisotopic (exact) mass is 590 g/mol. The Kier molecular flexibility index (Phi) is 6.11.